The molecule has 7 nitrogen and oxygen atoms in total. The summed E-state index contributed by atoms with van der Waals surface area (Å²) in [5.74, 6) is -1.26. The van der Waals surface area contributed by atoms with Crippen LogP contribution in [0.15, 0.2) is 18.7 Å². The first-order valence-corrected chi connectivity index (χ1v) is 7.29. The molecule has 0 aliphatic carbocycles. The van der Waals surface area contributed by atoms with Gasteiger partial charge in [-0.1, -0.05) is 6.92 Å². The Kier molecular flexibility index (Phi) is 5.19. The maximum atomic E-state index is 12.0. The highest BCUT2D eigenvalue weighted by Crippen LogP contribution is 2.22. The topological polar surface area (TPSA) is 87.5 Å². The van der Waals surface area contributed by atoms with Gasteiger partial charge in [0.1, 0.15) is 0 Å². The van der Waals surface area contributed by atoms with E-state index in [-0.39, 0.29) is 11.9 Å². The fraction of sp³-hybridized carbons (Fsp3) is 0.643. The van der Waals surface area contributed by atoms with Crippen molar-refractivity contribution in [3.8, 4) is 0 Å². The number of rotatable bonds is 6. The van der Waals surface area contributed by atoms with Gasteiger partial charge < -0.3 is 19.9 Å². The second kappa shape index (κ2) is 7.10. The van der Waals surface area contributed by atoms with Gasteiger partial charge in [-0.2, -0.15) is 0 Å². The Morgan fingerprint density at radius 1 is 1.38 bits per heavy atom. The van der Waals surface area contributed by atoms with Crippen molar-refractivity contribution in [2.24, 2.45) is 11.8 Å². The lowest BCUT2D eigenvalue weighted by molar-refractivity contribution is -0.142. The Morgan fingerprint density at radius 3 is 2.81 bits per heavy atom. The minimum absolute atomic E-state index is 0.00879. The molecule has 0 spiro atoms. The van der Waals surface area contributed by atoms with Crippen LogP contribution in [0.4, 0.5) is 4.79 Å². The highest BCUT2D eigenvalue weighted by molar-refractivity contribution is 5.77. The van der Waals surface area contributed by atoms with Gasteiger partial charge in [-0.15, -0.1) is 0 Å². The van der Waals surface area contributed by atoms with Crippen LogP contribution in [0.3, 0.4) is 0 Å². The van der Waals surface area contributed by atoms with Crippen molar-refractivity contribution in [2.45, 2.75) is 26.3 Å². The fourth-order valence-corrected chi connectivity index (χ4v) is 2.60. The third kappa shape index (κ3) is 4.21. The monoisotopic (exact) mass is 294 g/mol. The van der Waals surface area contributed by atoms with Crippen molar-refractivity contribution in [3.63, 3.8) is 0 Å². The summed E-state index contributed by atoms with van der Waals surface area (Å²) < 4.78 is 2.00. The molecule has 0 aromatic carbocycles. The quantitative estimate of drug-likeness (QED) is 0.767. The molecule has 0 saturated carbocycles. The molecule has 2 amide bonds. The number of carbonyl (C=O) groups excluding carboxylic acids is 1. The van der Waals surface area contributed by atoms with Gasteiger partial charge in [0.05, 0.1) is 12.2 Å². The molecule has 0 bridgehead atoms. The molecule has 2 heterocycles. The molecule has 0 radical (unpaired) electrons. The number of urea groups is 1. The molecular formula is C14H22N4O3. The number of carbonyl (C=O) groups is 2. The zero-order valence-corrected chi connectivity index (χ0v) is 12.2. The van der Waals surface area contributed by atoms with Gasteiger partial charge >= 0.3 is 12.0 Å². The van der Waals surface area contributed by atoms with Gasteiger partial charge in [-0.05, 0) is 18.8 Å². The number of unbranched alkanes of at least 4 members (excludes halogenated alkanes) is 1. The van der Waals surface area contributed by atoms with Crippen LogP contribution >= 0.6 is 0 Å². The summed E-state index contributed by atoms with van der Waals surface area (Å²) in [6.45, 7) is 4.18. The average molecular weight is 294 g/mol. The smallest absolute Gasteiger partial charge is 0.317 e. The summed E-state index contributed by atoms with van der Waals surface area (Å²) in [7, 11) is 0. The van der Waals surface area contributed by atoms with Gasteiger partial charge in [0.2, 0.25) is 0 Å². The van der Waals surface area contributed by atoms with Gasteiger partial charge in [-0.3, -0.25) is 4.79 Å². The maximum absolute atomic E-state index is 12.0. The lowest BCUT2D eigenvalue weighted by atomic mass is 9.99. The fourth-order valence-electron chi connectivity index (χ4n) is 2.60. The molecule has 2 unspecified atom stereocenters. The van der Waals surface area contributed by atoms with Gasteiger partial charge in [0.25, 0.3) is 0 Å². The predicted octanol–water partition coefficient (Wildman–Crippen LogP) is 1.03. The Morgan fingerprint density at radius 2 is 2.19 bits per heavy atom. The lowest BCUT2D eigenvalue weighted by Gasteiger charge is -2.16. The third-order valence-electron chi connectivity index (χ3n) is 3.90. The molecule has 21 heavy (non-hydrogen) atoms. The number of carboxylic acid groups (broad SMARTS) is 1. The van der Waals surface area contributed by atoms with Crippen LogP contribution in [0.2, 0.25) is 0 Å². The first-order valence-electron chi connectivity index (χ1n) is 7.29. The van der Waals surface area contributed by atoms with E-state index in [9.17, 15) is 9.59 Å². The average Bonchev–Trinajstić information content (AvgIpc) is 3.07. The maximum Gasteiger partial charge on any atom is 0.317 e. The van der Waals surface area contributed by atoms with E-state index >= 15 is 0 Å². The molecule has 1 aromatic rings. The van der Waals surface area contributed by atoms with Crippen LogP contribution in [-0.2, 0) is 11.3 Å². The van der Waals surface area contributed by atoms with Crippen LogP contribution in [0.5, 0.6) is 0 Å². The van der Waals surface area contributed by atoms with Gasteiger partial charge in [0.15, 0.2) is 0 Å². The van der Waals surface area contributed by atoms with Gasteiger partial charge in [0, 0.05) is 38.6 Å². The number of aliphatic carboxylic acids is 1. The minimum Gasteiger partial charge on any atom is -0.481 e. The standard InChI is InChI=1S/C14H22N4O3/c1-11-8-18(9-12(11)13(19)20)14(21)16-4-2-3-6-17-7-5-15-10-17/h5,7,10-12H,2-4,6,8-9H2,1H3,(H,16,21)(H,19,20). The van der Waals surface area contributed by atoms with Crippen LogP contribution < -0.4 is 5.32 Å². The molecule has 2 N–H and O–H groups in total. The first-order chi connectivity index (χ1) is 10.1. The van der Waals surface area contributed by atoms with Crippen molar-refractivity contribution in [3.05, 3.63) is 18.7 Å². The van der Waals surface area contributed by atoms with E-state index in [1.54, 1.807) is 17.4 Å². The number of imidazole rings is 1. The number of hydrogen-bond donors (Lipinski definition) is 2. The van der Waals surface area contributed by atoms with Crippen LogP contribution in [0.1, 0.15) is 19.8 Å². The SMILES string of the molecule is CC1CN(C(=O)NCCCCn2ccnc2)CC1C(=O)O. The molecular weight excluding hydrogens is 272 g/mol. The lowest BCUT2D eigenvalue weighted by Crippen LogP contribution is -2.39. The number of likely N-dealkylation sites (tertiary alicyclic amines) is 1. The van der Waals surface area contributed by atoms with E-state index in [4.69, 9.17) is 5.11 Å². The Balaban J connectivity index is 1.62. The second-order valence-corrected chi connectivity index (χ2v) is 5.57. The molecule has 1 aliphatic heterocycles. The second-order valence-electron chi connectivity index (χ2n) is 5.57. The van der Waals surface area contributed by atoms with Crippen molar-refractivity contribution in [2.75, 3.05) is 19.6 Å². The highest BCUT2D eigenvalue weighted by Gasteiger charge is 2.36. The molecule has 1 aliphatic rings. The molecule has 1 aromatic heterocycles. The summed E-state index contributed by atoms with van der Waals surface area (Å²) in [4.78, 5) is 28.5. The third-order valence-corrected chi connectivity index (χ3v) is 3.90. The van der Waals surface area contributed by atoms with E-state index in [0.29, 0.717) is 19.6 Å². The van der Waals surface area contributed by atoms with E-state index in [0.717, 1.165) is 19.4 Å². The Bertz CT molecular complexity index is 475. The zero-order valence-electron chi connectivity index (χ0n) is 12.2. The van der Waals surface area contributed by atoms with Crippen molar-refractivity contribution in [1.29, 1.82) is 0 Å². The number of hydrogen-bond acceptors (Lipinski definition) is 3. The molecule has 1 fully saturated rings. The summed E-state index contributed by atoms with van der Waals surface area (Å²) in [5, 5.41) is 11.9. The molecule has 7 heteroatoms. The van der Waals surface area contributed by atoms with Crippen molar-refractivity contribution < 1.29 is 14.7 Å². The molecule has 1 saturated heterocycles. The number of nitrogens with one attached hydrogen (secondary N) is 1. The van der Waals surface area contributed by atoms with E-state index in [1.807, 2.05) is 17.7 Å². The number of carboxylic acids is 1. The van der Waals surface area contributed by atoms with E-state index in [2.05, 4.69) is 10.3 Å². The largest absolute Gasteiger partial charge is 0.481 e. The van der Waals surface area contributed by atoms with Crippen LogP contribution in [-0.4, -0.2) is 51.2 Å². The number of aryl methyl sites for hydroxylation is 1. The predicted molar refractivity (Wildman–Crippen MR) is 76.7 cm³/mol. The number of aromatic nitrogens is 2. The zero-order chi connectivity index (χ0) is 15.2. The highest BCUT2D eigenvalue weighted by atomic mass is 16.4. The van der Waals surface area contributed by atoms with E-state index in [1.165, 1.54) is 0 Å². The Hall–Kier alpha value is -2.05. The summed E-state index contributed by atoms with van der Waals surface area (Å²) >= 11 is 0. The molecule has 2 atom stereocenters. The molecule has 2 rings (SSSR count). The van der Waals surface area contributed by atoms with Crippen LogP contribution in [0, 0.1) is 11.8 Å². The summed E-state index contributed by atoms with van der Waals surface area (Å²) in [5.41, 5.74) is 0. The van der Waals surface area contributed by atoms with Crippen LogP contribution in [0.25, 0.3) is 0 Å². The summed E-state index contributed by atoms with van der Waals surface area (Å²) in [6, 6.07) is -0.159. The number of nitrogens with zero attached hydrogens (tertiary/aromatic N) is 3. The number of amides is 2. The molecule has 116 valence electrons. The van der Waals surface area contributed by atoms with Crippen molar-refractivity contribution >= 4 is 12.0 Å². The van der Waals surface area contributed by atoms with Gasteiger partial charge in [-0.25, -0.2) is 9.78 Å². The Labute approximate surface area is 124 Å². The minimum atomic E-state index is -0.821. The van der Waals surface area contributed by atoms with Crippen molar-refractivity contribution in [1.82, 2.24) is 19.8 Å². The normalized spacial score (nSPS) is 21.5. The summed E-state index contributed by atoms with van der Waals surface area (Å²) in [6.07, 6.45) is 7.28. The van der Waals surface area contributed by atoms with E-state index < -0.39 is 11.9 Å². The first kappa shape index (κ1) is 15.3.